The van der Waals surface area contributed by atoms with E-state index in [-0.39, 0.29) is 0 Å². The number of hydrogen-bond acceptors (Lipinski definition) is 3. The molecule has 3 nitrogen and oxygen atoms in total. The van der Waals surface area contributed by atoms with Crippen molar-refractivity contribution in [2.75, 3.05) is 24.5 Å². The maximum atomic E-state index is 8.96. The Labute approximate surface area is 109 Å². The number of rotatable bonds is 4. The van der Waals surface area contributed by atoms with Crippen molar-refractivity contribution < 1.29 is 0 Å². The van der Waals surface area contributed by atoms with Crippen molar-refractivity contribution in [3.05, 3.63) is 29.3 Å². The predicted octanol–water partition coefficient (Wildman–Crippen LogP) is 2.45. The molecule has 1 aromatic carbocycles. The Morgan fingerprint density at radius 2 is 2.33 bits per heavy atom. The lowest BCUT2D eigenvalue weighted by molar-refractivity contribution is 0.586. The highest BCUT2D eigenvalue weighted by Crippen LogP contribution is 2.20. The minimum absolute atomic E-state index is 0.612. The van der Waals surface area contributed by atoms with Crippen LogP contribution in [0.15, 0.2) is 18.2 Å². The van der Waals surface area contributed by atoms with Crippen molar-refractivity contribution in [2.45, 2.75) is 32.7 Å². The molecule has 1 aromatic rings. The fourth-order valence-electron chi connectivity index (χ4n) is 2.57. The van der Waals surface area contributed by atoms with E-state index >= 15 is 0 Å². The van der Waals surface area contributed by atoms with E-state index in [1.807, 2.05) is 13.0 Å². The number of hydrogen-bond donors (Lipinski definition) is 1. The summed E-state index contributed by atoms with van der Waals surface area (Å²) in [6, 6.07) is 8.94. The van der Waals surface area contributed by atoms with Crippen LogP contribution in [0.5, 0.6) is 0 Å². The number of nitrogens with one attached hydrogen (secondary N) is 1. The first-order valence-electron chi connectivity index (χ1n) is 6.73. The molecule has 1 atom stereocenters. The lowest BCUT2D eigenvalue weighted by Gasteiger charge is -2.27. The first kappa shape index (κ1) is 12.9. The van der Waals surface area contributed by atoms with Crippen LogP contribution in [0.3, 0.4) is 0 Å². The largest absolute Gasteiger partial charge is 0.370 e. The lowest BCUT2D eigenvalue weighted by atomic mass is 10.1. The molecule has 0 saturated carbocycles. The molecule has 18 heavy (non-hydrogen) atoms. The van der Waals surface area contributed by atoms with Gasteiger partial charge in [0.05, 0.1) is 11.6 Å². The average Bonchev–Trinajstić information content (AvgIpc) is 2.88. The second kappa shape index (κ2) is 5.88. The smallest absolute Gasteiger partial charge is 0.0994 e. The molecule has 0 aliphatic carbocycles. The molecule has 0 amide bonds. The fourth-order valence-corrected chi connectivity index (χ4v) is 2.57. The fraction of sp³-hybridized carbons (Fsp3) is 0.533. The van der Waals surface area contributed by atoms with Crippen molar-refractivity contribution in [1.82, 2.24) is 5.32 Å². The van der Waals surface area contributed by atoms with Crippen molar-refractivity contribution in [2.24, 2.45) is 0 Å². The van der Waals surface area contributed by atoms with E-state index in [0.717, 1.165) is 30.8 Å². The standard InChI is InChI=1S/C15H21N3/c1-3-18(11-14-5-4-8-17-14)15-7-6-13(10-16)12(2)9-15/h6-7,9,14,17H,3-5,8,11H2,1-2H3. The Kier molecular flexibility index (Phi) is 4.22. The Balaban J connectivity index is 2.11. The van der Waals surface area contributed by atoms with E-state index < -0.39 is 0 Å². The van der Waals surface area contributed by atoms with Crippen LogP contribution in [-0.4, -0.2) is 25.7 Å². The molecule has 1 heterocycles. The summed E-state index contributed by atoms with van der Waals surface area (Å²) in [4.78, 5) is 2.39. The molecular formula is C15H21N3. The van der Waals surface area contributed by atoms with E-state index in [1.54, 1.807) is 0 Å². The topological polar surface area (TPSA) is 39.1 Å². The van der Waals surface area contributed by atoms with E-state index in [2.05, 4.69) is 35.3 Å². The molecule has 0 spiro atoms. The maximum absolute atomic E-state index is 8.96. The average molecular weight is 243 g/mol. The van der Waals surface area contributed by atoms with Crippen LogP contribution in [0.25, 0.3) is 0 Å². The quantitative estimate of drug-likeness (QED) is 0.883. The van der Waals surface area contributed by atoms with Crippen LogP contribution in [-0.2, 0) is 0 Å². The maximum Gasteiger partial charge on any atom is 0.0994 e. The van der Waals surface area contributed by atoms with E-state index in [4.69, 9.17) is 5.26 Å². The van der Waals surface area contributed by atoms with Gasteiger partial charge in [0.2, 0.25) is 0 Å². The highest BCUT2D eigenvalue weighted by atomic mass is 15.2. The molecule has 1 unspecified atom stereocenters. The Hall–Kier alpha value is -1.53. The summed E-state index contributed by atoms with van der Waals surface area (Å²) in [7, 11) is 0. The van der Waals surface area contributed by atoms with Gasteiger partial charge >= 0.3 is 0 Å². The van der Waals surface area contributed by atoms with Crippen molar-refractivity contribution in [3.63, 3.8) is 0 Å². The number of aryl methyl sites for hydroxylation is 1. The first-order chi connectivity index (χ1) is 8.74. The second-order valence-electron chi connectivity index (χ2n) is 4.94. The normalized spacial score (nSPS) is 18.6. The van der Waals surface area contributed by atoms with Crippen LogP contribution in [0, 0.1) is 18.3 Å². The van der Waals surface area contributed by atoms with Gasteiger partial charge in [-0.1, -0.05) is 0 Å². The third kappa shape index (κ3) is 2.83. The van der Waals surface area contributed by atoms with Gasteiger partial charge in [0.1, 0.15) is 0 Å². The molecule has 0 bridgehead atoms. The molecule has 1 N–H and O–H groups in total. The Morgan fingerprint density at radius 3 is 2.89 bits per heavy atom. The second-order valence-corrected chi connectivity index (χ2v) is 4.94. The molecule has 1 fully saturated rings. The van der Waals surface area contributed by atoms with Gasteiger partial charge in [0.15, 0.2) is 0 Å². The predicted molar refractivity (Wildman–Crippen MR) is 74.8 cm³/mol. The van der Waals surface area contributed by atoms with Gasteiger partial charge in [-0.15, -0.1) is 0 Å². The number of nitrogens with zero attached hydrogens (tertiary/aromatic N) is 2. The zero-order valence-corrected chi connectivity index (χ0v) is 11.2. The van der Waals surface area contributed by atoms with Crippen LogP contribution in [0.4, 0.5) is 5.69 Å². The van der Waals surface area contributed by atoms with Gasteiger partial charge in [-0.3, -0.25) is 0 Å². The highest BCUT2D eigenvalue weighted by molar-refractivity contribution is 5.53. The van der Waals surface area contributed by atoms with Gasteiger partial charge < -0.3 is 10.2 Å². The zero-order valence-electron chi connectivity index (χ0n) is 11.2. The highest BCUT2D eigenvalue weighted by Gasteiger charge is 2.17. The van der Waals surface area contributed by atoms with Crippen LogP contribution >= 0.6 is 0 Å². The van der Waals surface area contributed by atoms with Crippen molar-refractivity contribution in [1.29, 1.82) is 5.26 Å². The van der Waals surface area contributed by atoms with Crippen LogP contribution < -0.4 is 10.2 Å². The molecule has 1 aliphatic heterocycles. The summed E-state index contributed by atoms with van der Waals surface area (Å²) < 4.78 is 0. The minimum atomic E-state index is 0.612. The Bertz CT molecular complexity index is 442. The Morgan fingerprint density at radius 1 is 1.50 bits per heavy atom. The summed E-state index contributed by atoms with van der Waals surface area (Å²) in [5.41, 5.74) is 3.06. The minimum Gasteiger partial charge on any atom is -0.370 e. The van der Waals surface area contributed by atoms with Gasteiger partial charge in [-0.25, -0.2) is 0 Å². The molecule has 0 aromatic heterocycles. The summed E-state index contributed by atoms with van der Waals surface area (Å²) in [5, 5.41) is 12.5. The molecule has 2 rings (SSSR count). The molecule has 3 heteroatoms. The van der Waals surface area contributed by atoms with E-state index in [0.29, 0.717) is 6.04 Å². The van der Waals surface area contributed by atoms with Crippen LogP contribution in [0.2, 0.25) is 0 Å². The monoisotopic (exact) mass is 243 g/mol. The van der Waals surface area contributed by atoms with Crippen molar-refractivity contribution >= 4 is 5.69 Å². The molecule has 1 aliphatic rings. The van der Waals surface area contributed by atoms with Crippen molar-refractivity contribution in [3.8, 4) is 6.07 Å². The van der Waals surface area contributed by atoms with Gasteiger partial charge in [-0.05, 0) is 57.0 Å². The zero-order chi connectivity index (χ0) is 13.0. The summed E-state index contributed by atoms with van der Waals surface area (Å²) in [6.07, 6.45) is 2.56. The molecular weight excluding hydrogens is 222 g/mol. The van der Waals surface area contributed by atoms with E-state index in [9.17, 15) is 0 Å². The number of benzene rings is 1. The number of likely N-dealkylation sites (N-methyl/N-ethyl adjacent to an activating group) is 1. The molecule has 96 valence electrons. The summed E-state index contributed by atoms with van der Waals surface area (Å²) >= 11 is 0. The first-order valence-corrected chi connectivity index (χ1v) is 6.73. The SMILES string of the molecule is CCN(CC1CCCN1)c1ccc(C#N)c(C)c1. The van der Waals surface area contributed by atoms with E-state index in [1.165, 1.54) is 18.5 Å². The summed E-state index contributed by atoms with van der Waals surface area (Å²) in [5.74, 6) is 0. The third-order valence-corrected chi connectivity index (χ3v) is 3.68. The number of nitriles is 1. The van der Waals surface area contributed by atoms with Gasteiger partial charge in [0.25, 0.3) is 0 Å². The lowest BCUT2D eigenvalue weighted by Crippen LogP contribution is -2.37. The molecule has 1 saturated heterocycles. The molecule has 0 radical (unpaired) electrons. The van der Waals surface area contributed by atoms with Crippen LogP contribution in [0.1, 0.15) is 30.9 Å². The van der Waals surface area contributed by atoms with Gasteiger partial charge in [0, 0.05) is 24.8 Å². The third-order valence-electron chi connectivity index (χ3n) is 3.68. The summed E-state index contributed by atoms with van der Waals surface area (Å²) in [6.45, 7) is 7.40. The van der Waals surface area contributed by atoms with Gasteiger partial charge in [-0.2, -0.15) is 5.26 Å². The number of anilines is 1.